The molecule has 1 rings (SSSR count). The Morgan fingerprint density at radius 2 is 1.86 bits per heavy atom. The summed E-state index contributed by atoms with van der Waals surface area (Å²) < 4.78 is 0. The zero-order valence-electron chi connectivity index (χ0n) is 13.5. The molecule has 1 aliphatic rings. The number of hydrogen-bond donors (Lipinski definition) is 2. The molecule has 6 nitrogen and oxygen atoms in total. The predicted molar refractivity (Wildman–Crippen MR) is 84.1 cm³/mol. The highest BCUT2D eigenvalue weighted by Gasteiger charge is 2.20. The van der Waals surface area contributed by atoms with Crippen molar-refractivity contribution in [2.45, 2.75) is 33.1 Å². The third-order valence-corrected chi connectivity index (χ3v) is 3.68. The Kier molecular flexibility index (Phi) is 9.01. The zero-order chi connectivity index (χ0) is 15.5. The fraction of sp³-hybridized carbons (Fsp3) is 0.867. The van der Waals surface area contributed by atoms with Crippen LogP contribution < -0.4 is 10.6 Å². The second-order valence-corrected chi connectivity index (χ2v) is 5.49. The summed E-state index contributed by atoms with van der Waals surface area (Å²) in [5.74, 6) is -0.847. The van der Waals surface area contributed by atoms with E-state index in [1.807, 2.05) is 6.92 Å². The van der Waals surface area contributed by atoms with E-state index in [1.54, 1.807) is 4.90 Å². The monoisotopic (exact) mass is 298 g/mol. The van der Waals surface area contributed by atoms with Gasteiger partial charge in [-0.25, -0.2) is 0 Å². The lowest BCUT2D eigenvalue weighted by Gasteiger charge is -2.27. The molecule has 0 aliphatic carbocycles. The molecule has 0 saturated carbocycles. The molecule has 21 heavy (non-hydrogen) atoms. The molecule has 0 aromatic rings. The van der Waals surface area contributed by atoms with Gasteiger partial charge in [0.1, 0.15) is 0 Å². The van der Waals surface area contributed by atoms with E-state index in [2.05, 4.69) is 22.5 Å². The van der Waals surface area contributed by atoms with Crippen molar-refractivity contribution >= 4 is 11.8 Å². The van der Waals surface area contributed by atoms with Crippen molar-refractivity contribution in [2.75, 3.05) is 52.4 Å². The van der Waals surface area contributed by atoms with Crippen molar-refractivity contribution in [3.8, 4) is 0 Å². The Labute approximate surface area is 128 Å². The van der Waals surface area contributed by atoms with Crippen LogP contribution in [0.2, 0.25) is 0 Å². The molecule has 1 fully saturated rings. The quantitative estimate of drug-likeness (QED) is 0.621. The number of amides is 2. The van der Waals surface area contributed by atoms with Crippen molar-refractivity contribution in [1.29, 1.82) is 0 Å². The van der Waals surface area contributed by atoms with Gasteiger partial charge in [0.25, 0.3) is 0 Å². The predicted octanol–water partition coefficient (Wildman–Crippen LogP) is 0.0465. The third kappa shape index (κ3) is 6.91. The molecule has 122 valence electrons. The van der Waals surface area contributed by atoms with Gasteiger partial charge in [-0.1, -0.05) is 20.3 Å². The summed E-state index contributed by atoms with van der Waals surface area (Å²) >= 11 is 0. The summed E-state index contributed by atoms with van der Waals surface area (Å²) in [6.07, 6.45) is 2.85. The Morgan fingerprint density at radius 3 is 2.48 bits per heavy atom. The van der Waals surface area contributed by atoms with E-state index in [-0.39, 0.29) is 5.91 Å². The van der Waals surface area contributed by atoms with Crippen molar-refractivity contribution in [2.24, 2.45) is 0 Å². The maximum absolute atomic E-state index is 12.1. The Balaban J connectivity index is 2.28. The minimum atomic E-state index is -0.463. The molecule has 0 unspecified atom stereocenters. The second kappa shape index (κ2) is 10.6. The van der Waals surface area contributed by atoms with Crippen molar-refractivity contribution in [3.05, 3.63) is 0 Å². The van der Waals surface area contributed by atoms with Crippen LogP contribution in [0.3, 0.4) is 0 Å². The zero-order valence-corrected chi connectivity index (χ0v) is 13.5. The van der Waals surface area contributed by atoms with Gasteiger partial charge < -0.3 is 15.5 Å². The molecular weight excluding hydrogens is 268 g/mol. The van der Waals surface area contributed by atoms with Gasteiger partial charge >= 0.3 is 11.8 Å². The van der Waals surface area contributed by atoms with Gasteiger partial charge in [0.05, 0.1) is 0 Å². The third-order valence-electron chi connectivity index (χ3n) is 3.68. The first-order chi connectivity index (χ1) is 10.2. The first kappa shape index (κ1) is 17.9. The normalized spacial score (nSPS) is 15.7. The molecule has 6 heteroatoms. The number of carbonyl (C=O) groups excluding carboxylic acids is 2. The lowest BCUT2D eigenvalue weighted by molar-refractivity contribution is -0.146. The van der Waals surface area contributed by atoms with Crippen molar-refractivity contribution < 1.29 is 9.59 Å². The summed E-state index contributed by atoms with van der Waals surface area (Å²) in [5.41, 5.74) is 0. The highest BCUT2D eigenvalue weighted by molar-refractivity contribution is 6.35. The fourth-order valence-corrected chi connectivity index (χ4v) is 2.42. The standard InChI is InChI=1S/C15H30N4O2/c1-3-5-10-19(9-4-2)15(21)14(20)17-8-13-18-11-6-16-7-12-18/h16H,3-13H2,1-2H3,(H,17,20). The molecule has 1 aliphatic heterocycles. The van der Waals surface area contributed by atoms with Gasteiger partial charge in [0, 0.05) is 52.4 Å². The van der Waals surface area contributed by atoms with Crippen LogP contribution in [0.15, 0.2) is 0 Å². The lowest BCUT2D eigenvalue weighted by Crippen LogP contribution is -2.48. The van der Waals surface area contributed by atoms with Crippen LogP contribution in [0.5, 0.6) is 0 Å². The van der Waals surface area contributed by atoms with Crippen LogP contribution in [0.4, 0.5) is 0 Å². The van der Waals surface area contributed by atoms with Gasteiger partial charge in [0.15, 0.2) is 0 Å². The van der Waals surface area contributed by atoms with Crippen LogP contribution in [0, 0.1) is 0 Å². The summed E-state index contributed by atoms with van der Waals surface area (Å²) in [6, 6.07) is 0. The van der Waals surface area contributed by atoms with E-state index in [4.69, 9.17) is 0 Å². The highest BCUT2D eigenvalue weighted by atomic mass is 16.2. The molecule has 0 aromatic heterocycles. The molecule has 1 saturated heterocycles. The Bertz CT molecular complexity index is 317. The van der Waals surface area contributed by atoms with E-state index < -0.39 is 5.91 Å². The molecule has 0 bridgehead atoms. The topological polar surface area (TPSA) is 64.7 Å². The minimum Gasteiger partial charge on any atom is -0.347 e. The number of unbranched alkanes of at least 4 members (excludes halogenated alkanes) is 1. The Hall–Kier alpha value is -1.14. The fourth-order valence-electron chi connectivity index (χ4n) is 2.42. The largest absolute Gasteiger partial charge is 0.347 e. The van der Waals surface area contributed by atoms with Crippen LogP contribution in [0.25, 0.3) is 0 Å². The SMILES string of the molecule is CCCCN(CCC)C(=O)C(=O)NCCN1CCNCC1. The number of nitrogens with one attached hydrogen (secondary N) is 2. The minimum absolute atomic E-state index is 0.384. The number of rotatable bonds is 8. The Morgan fingerprint density at radius 1 is 1.14 bits per heavy atom. The maximum Gasteiger partial charge on any atom is 0.311 e. The van der Waals surface area contributed by atoms with E-state index in [0.29, 0.717) is 19.6 Å². The number of carbonyl (C=O) groups is 2. The van der Waals surface area contributed by atoms with Gasteiger partial charge in [-0.3, -0.25) is 14.5 Å². The molecule has 2 N–H and O–H groups in total. The molecule has 0 atom stereocenters. The molecule has 0 radical (unpaired) electrons. The van der Waals surface area contributed by atoms with Crippen molar-refractivity contribution in [3.63, 3.8) is 0 Å². The van der Waals surface area contributed by atoms with E-state index in [0.717, 1.165) is 52.0 Å². The van der Waals surface area contributed by atoms with E-state index in [9.17, 15) is 9.59 Å². The molecule has 1 heterocycles. The molecule has 2 amide bonds. The lowest BCUT2D eigenvalue weighted by atomic mass is 10.3. The van der Waals surface area contributed by atoms with Crippen LogP contribution in [0.1, 0.15) is 33.1 Å². The van der Waals surface area contributed by atoms with Gasteiger partial charge in [-0.15, -0.1) is 0 Å². The first-order valence-corrected chi connectivity index (χ1v) is 8.19. The van der Waals surface area contributed by atoms with Crippen LogP contribution >= 0.6 is 0 Å². The number of hydrogen-bond acceptors (Lipinski definition) is 4. The van der Waals surface area contributed by atoms with Crippen LogP contribution in [-0.4, -0.2) is 74.0 Å². The smallest absolute Gasteiger partial charge is 0.311 e. The second-order valence-electron chi connectivity index (χ2n) is 5.49. The average molecular weight is 298 g/mol. The molecule has 0 spiro atoms. The molecule has 0 aromatic carbocycles. The van der Waals surface area contributed by atoms with Gasteiger partial charge in [-0.05, 0) is 12.8 Å². The number of nitrogens with zero attached hydrogens (tertiary/aromatic N) is 2. The first-order valence-electron chi connectivity index (χ1n) is 8.19. The van der Waals surface area contributed by atoms with Gasteiger partial charge in [0.2, 0.25) is 0 Å². The average Bonchev–Trinajstić information content (AvgIpc) is 2.51. The highest BCUT2D eigenvalue weighted by Crippen LogP contribution is 1.98. The molecular formula is C15H30N4O2. The van der Waals surface area contributed by atoms with Gasteiger partial charge in [-0.2, -0.15) is 0 Å². The van der Waals surface area contributed by atoms with Crippen molar-refractivity contribution in [1.82, 2.24) is 20.4 Å². The van der Waals surface area contributed by atoms with Crippen LogP contribution in [-0.2, 0) is 9.59 Å². The summed E-state index contributed by atoms with van der Waals surface area (Å²) in [6.45, 7) is 10.8. The van der Waals surface area contributed by atoms with E-state index >= 15 is 0 Å². The van der Waals surface area contributed by atoms with E-state index in [1.165, 1.54) is 0 Å². The summed E-state index contributed by atoms with van der Waals surface area (Å²) in [4.78, 5) is 28.0. The maximum atomic E-state index is 12.1. The number of piperazine rings is 1. The summed E-state index contributed by atoms with van der Waals surface area (Å²) in [7, 11) is 0. The summed E-state index contributed by atoms with van der Waals surface area (Å²) in [5, 5.41) is 6.04.